The molecule has 0 saturated carbocycles. The molecule has 1 aromatic carbocycles. The Labute approximate surface area is 124 Å². The Morgan fingerprint density at radius 2 is 2.05 bits per heavy atom. The number of nitrogens with one attached hydrogen (secondary N) is 2. The van der Waals surface area contributed by atoms with E-state index in [1.165, 1.54) is 18.2 Å². The summed E-state index contributed by atoms with van der Waals surface area (Å²) in [6.45, 7) is 4.77. The summed E-state index contributed by atoms with van der Waals surface area (Å²) in [4.78, 5) is 0. The average Bonchev–Trinajstić information content (AvgIpc) is 2.36. The van der Waals surface area contributed by atoms with Crippen LogP contribution in [-0.2, 0) is 16.6 Å². The number of hydrogen-bond donors (Lipinski definition) is 2. The zero-order valence-electron chi connectivity index (χ0n) is 11.6. The predicted molar refractivity (Wildman–Crippen MR) is 79.8 cm³/mol. The van der Waals surface area contributed by atoms with Crippen molar-refractivity contribution in [2.75, 3.05) is 12.3 Å². The molecule has 0 aliphatic heterocycles. The summed E-state index contributed by atoms with van der Waals surface area (Å²) < 4.78 is 38.9. The van der Waals surface area contributed by atoms with Gasteiger partial charge in [-0.1, -0.05) is 31.5 Å². The van der Waals surface area contributed by atoms with Gasteiger partial charge in [-0.25, -0.2) is 17.5 Å². The second-order valence-corrected chi connectivity index (χ2v) is 7.18. The summed E-state index contributed by atoms with van der Waals surface area (Å²) in [6.07, 6.45) is 0.539. The Hall–Kier alpha value is -0.690. The molecule has 0 spiro atoms. The quantitative estimate of drug-likeness (QED) is 0.722. The van der Waals surface area contributed by atoms with E-state index in [9.17, 15) is 12.8 Å². The van der Waals surface area contributed by atoms with Gasteiger partial charge in [-0.05, 0) is 30.7 Å². The number of hydrogen-bond acceptors (Lipinski definition) is 3. The van der Waals surface area contributed by atoms with Crippen LogP contribution in [0.2, 0.25) is 5.02 Å². The van der Waals surface area contributed by atoms with Gasteiger partial charge in [0.2, 0.25) is 10.0 Å². The van der Waals surface area contributed by atoms with Crippen molar-refractivity contribution in [3.05, 3.63) is 34.6 Å². The van der Waals surface area contributed by atoms with Gasteiger partial charge < -0.3 is 5.32 Å². The molecule has 0 fully saturated rings. The van der Waals surface area contributed by atoms with Crippen molar-refractivity contribution in [2.24, 2.45) is 0 Å². The van der Waals surface area contributed by atoms with Crippen molar-refractivity contribution in [1.29, 1.82) is 0 Å². The Kier molecular flexibility index (Phi) is 6.88. The van der Waals surface area contributed by atoms with E-state index in [0.717, 1.165) is 0 Å². The predicted octanol–water partition coefficient (Wildman–Crippen LogP) is 2.29. The summed E-state index contributed by atoms with van der Waals surface area (Å²) in [5.74, 6) is -0.459. The fourth-order valence-electron chi connectivity index (χ4n) is 1.57. The summed E-state index contributed by atoms with van der Waals surface area (Å²) in [5.41, 5.74) is 0.625. The fourth-order valence-corrected chi connectivity index (χ4v) is 2.83. The van der Waals surface area contributed by atoms with E-state index in [1.807, 2.05) is 13.8 Å². The van der Waals surface area contributed by atoms with Crippen LogP contribution in [0, 0.1) is 5.82 Å². The summed E-state index contributed by atoms with van der Waals surface area (Å²) in [6, 6.07) is 4.48. The molecule has 20 heavy (non-hydrogen) atoms. The van der Waals surface area contributed by atoms with Crippen molar-refractivity contribution >= 4 is 21.6 Å². The van der Waals surface area contributed by atoms with Crippen LogP contribution in [-0.4, -0.2) is 26.8 Å². The molecule has 1 aromatic rings. The van der Waals surface area contributed by atoms with Gasteiger partial charge in [0.25, 0.3) is 0 Å². The van der Waals surface area contributed by atoms with E-state index < -0.39 is 15.8 Å². The largest absolute Gasteiger partial charge is 0.314 e. The van der Waals surface area contributed by atoms with Crippen molar-refractivity contribution in [2.45, 2.75) is 32.9 Å². The first kappa shape index (κ1) is 17.4. The first-order valence-electron chi connectivity index (χ1n) is 6.45. The Bertz CT molecular complexity index is 535. The van der Waals surface area contributed by atoms with Gasteiger partial charge in [-0.3, -0.25) is 0 Å². The average molecular weight is 323 g/mol. The highest BCUT2D eigenvalue weighted by Crippen LogP contribution is 2.15. The molecule has 0 atom stereocenters. The molecule has 0 unspecified atom stereocenters. The third kappa shape index (κ3) is 6.65. The fraction of sp³-hybridized carbons (Fsp3) is 0.538. The molecule has 1 rings (SSSR count). The zero-order chi connectivity index (χ0) is 15.2. The number of benzene rings is 1. The van der Waals surface area contributed by atoms with Crippen LogP contribution in [0.4, 0.5) is 4.39 Å². The molecule has 0 aromatic heterocycles. The molecule has 2 N–H and O–H groups in total. The minimum atomic E-state index is -3.33. The third-order valence-corrected chi connectivity index (χ3v) is 4.32. The Balaban J connectivity index is 2.40. The van der Waals surface area contributed by atoms with Crippen LogP contribution in [0.25, 0.3) is 0 Å². The van der Waals surface area contributed by atoms with Crippen molar-refractivity contribution < 1.29 is 12.8 Å². The molecular formula is C13H20ClFN2O2S. The smallest absolute Gasteiger partial charge is 0.211 e. The molecule has 0 bridgehead atoms. The van der Waals surface area contributed by atoms with Gasteiger partial charge in [0.1, 0.15) is 5.82 Å². The molecule has 0 amide bonds. The number of sulfonamides is 1. The Morgan fingerprint density at radius 1 is 1.35 bits per heavy atom. The molecule has 0 radical (unpaired) electrons. The van der Waals surface area contributed by atoms with Crippen LogP contribution < -0.4 is 10.0 Å². The van der Waals surface area contributed by atoms with E-state index in [2.05, 4.69) is 10.0 Å². The minimum Gasteiger partial charge on any atom is -0.314 e. The van der Waals surface area contributed by atoms with E-state index in [-0.39, 0.29) is 17.3 Å². The highest BCUT2D eigenvalue weighted by Gasteiger charge is 2.10. The van der Waals surface area contributed by atoms with Gasteiger partial charge in [0.05, 0.1) is 10.8 Å². The lowest BCUT2D eigenvalue weighted by Crippen LogP contribution is -2.29. The monoisotopic (exact) mass is 322 g/mol. The van der Waals surface area contributed by atoms with Crippen LogP contribution >= 0.6 is 11.6 Å². The topological polar surface area (TPSA) is 58.2 Å². The highest BCUT2D eigenvalue weighted by atomic mass is 35.5. The molecule has 0 aliphatic carbocycles. The van der Waals surface area contributed by atoms with Crippen molar-refractivity contribution in [3.8, 4) is 0 Å². The van der Waals surface area contributed by atoms with Crippen LogP contribution in [0.15, 0.2) is 18.2 Å². The molecular weight excluding hydrogens is 303 g/mol. The zero-order valence-corrected chi connectivity index (χ0v) is 13.2. The van der Waals surface area contributed by atoms with Crippen LogP contribution in [0.3, 0.4) is 0 Å². The van der Waals surface area contributed by atoms with Gasteiger partial charge in [-0.2, -0.15) is 0 Å². The molecule has 0 aliphatic rings. The maximum absolute atomic E-state index is 13.0. The van der Waals surface area contributed by atoms with Crippen molar-refractivity contribution in [1.82, 2.24) is 10.0 Å². The molecule has 0 saturated heterocycles. The van der Waals surface area contributed by atoms with Gasteiger partial charge in [0, 0.05) is 12.6 Å². The standard InChI is InChI=1S/C13H20ClFN2O2S/c1-10(2)16-6-3-7-20(18,19)17-9-11-4-5-13(15)12(14)8-11/h4-5,8,10,16-17H,3,6-7,9H2,1-2H3. The maximum Gasteiger partial charge on any atom is 0.211 e. The van der Waals surface area contributed by atoms with Gasteiger partial charge >= 0.3 is 0 Å². The van der Waals surface area contributed by atoms with Crippen LogP contribution in [0.1, 0.15) is 25.8 Å². The lowest BCUT2D eigenvalue weighted by Gasteiger charge is -2.09. The molecule has 114 valence electrons. The normalized spacial score (nSPS) is 12.1. The minimum absolute atomic E-state index is 0.0113. The summed E-state index contributed by atoms with van der Waals surface area (Å²) >= 11 is 5.64. The van der Waals surface area contributed by atoms with Crippen molar-refractivity contribution in [3.63, 3.8) is 0 Å². The second kappa shape index (κ2) is 7.93. The van der Waals surface area contributed by atoms with Gasteiger partial charge in [0.15, 0.2) is 0 Å². The highest BCUT2D eigenvalue weighted by molar-refractivity contribution is 7.89. The van der Waals surface area contributed by atoms with E-state index in [4.69, 9.17) is 11.6 Å². The lowest BCUT2D eigenvalue weighted by molar-refractivity contribution is 0.560. The van der Waals surface area contributed by atoms with E-state index >= 15 is 0 Å². The molecule has 0 heterocycles. The first-order valence-corrected chi connectivity index (χ1v) is 8.48. The molecule has 7 heteroatoms. The Morgan fingerprint density at radius 3 is 2.65 bits per heavy atom. The van der Waals surface area contributed by atoms with E-state index in [0.29, 0.717) is 24.6 Å². The number of rotatable bonds is 8. The van der Waals surface area contributed by atoms with Gasteiger partial charge in [-0.15, -0.1) is 0 Å². The summed E-state index contributed by atoms with van der Waals surface area (Å²) in [5, 5.41) is 3.14. The van der Waals surface area contributed by atoms with Crippen LogP contribution in [0.5, 0.6) is 0 Å². The first-order chi connectivity index (χ1) is 9.30. The number of halogens is 2. The summed E-state index contributed by atoms with van der Waals surface area (Å²) in [7, 11) is -3.33. The second-order valence-electron chi connectivity index (χ2n) is 4.85. The van der Waals surface area contributed by atoms with E-state index in [1.54, 1.807) is 0 Å². The SMILES string of the molecule is CC(C)NCCCS(=O)(=O)NCc1ccc(F)c(Cl)c1. The maximum atomic E-state index is 13.0. The lowest BCUT2D eigenvalue weighted by atomic mass is 10.2. The third-order valence-electron chi connectivity index (χ3n) is 2.62. The molecule has 4 nitrogen and oxygen atoms in total.